The van der Waals surface area contributed by atoms with Crippen LogP contribution in [0.25, 0.3) is 0 Å². The number of halogens is 35. The van der Waals surface area contributed by atoms with Crippen molar-refractivity contribution in [2.24, 2.45) is 0 Å². The van der Waals surface area contributed by atoms with E-state index in [0.717, 1.165) is 5.32 Å². The van der Waals surface area contributed by atoms with Crippen LogP contribution in [0.1, 0.15) is 38.5 Å². The van der Waals surface area contributed by atoms with Crippen LogP contribution in [0.2, 0.25) is 0 Å². The third-order valence-electron chi connectivity index (χ3n) is 9.98. The van der Waals surface area contributed by atoms with Gasteiger partial charge in [0.15, 0.2) is 0 Å². The van der Waals surface area contributed by atoms with E-state index < -0.39 is 225 Å². The van der Waals surface area contributed by atoms with Gasteiger partial charge < -0.3 is 25.3 Å². The first-order chi connectivity index (χ1) is 34.6. The van der Waals surface area contributed by atoms with Crippen molar-refractivity contribution in [3.63, 3.8) is 0 Å². The highest BCUT2D eigenvalue weighted by molar-refractivity contribution is 5.87. The quantitative estimate of drug-likeness (QED) is 0.0598. The Morgan fingerprint density at radius 3 is 0.646 bits per heavy atom. The fourth-order valence-corrected chi connectivity index (χ4v) is 5.50. The molecule has 79 heavy (non-hydrogen) atoms. The van der Waals surface area contributed by atoms with Gasteiger partial charge in [0.05, 0.1) is 0 Å². The highest BCUT2D eigenvalue weighted by atomic mass is 19.5. The summed E-state index contributed by atoms with van der Waals surface area (Å²) in [5.41, 5.74) is 0. The normalized spacial score (nSPS) is 14.7. The van der Waals surface area contributed by atoms with E-state index in [1.807, 2.05) is 0 Å². The second kappa shape index (κ2) is 24.2. The smallest absolute Gasteiger partial charge is 0.351 e. The van der Waals surface area contributed by atoms with Gasteiger partial charge in [-0.15, -0.1) is 0 Å². The number of rotatable bonds is 28. The Bertz CT molecular complexity index is 2100. The highest BCUT2D eigenvalue weighted by Gasteiger charge is 2.80. The van der Waals surface area contributed by atoms with E-state index in [4.69, 9.17) is 0 Å². The van der Waals surface area contributed by atoms with E-state index >= 15 is 0 Å². The van der Waals surface area contributed by atoms with Crippen LogP contribution in [0, 0.1) is 0 Å². The van der Waals surface area contributed by atoms with E-state index in [1.54, 1.807) is 0 Å². The van der Waals surface area contributed by atoms with Crippen molar-refractivity contribution in [1.82, 2.24) is 25.3 Å². The van der Waals surface area contributed by atoms with Crippen LogP contribution in [-0.2, 0) is 24.0 Å². The lowest BCUT2D eigenvalue weighted by Crippen LogP contribution is -2.61. The molecule has 0 aliphatic heterocycles. The zero-order valence-electron chi connectivity index (χ0n) is 37.5. The molecule has 0 aromatic heterocycles. The molecule has 0 bridgehead atoms. The van der Waals surface area contributed by atoms with Gasteiger partial charge in [0, 0.05) is 52.4 Å². The Morgan fingerprint density at radius 2 is 0.418 bits per heavy atom. The maximum absolute atomic E-state index is 14.6. The molecule has 0 radical (unpaired) electrons. The number of hydrogen-bond acceptors (Lipinski definition) is 5. The standard InChI is InChI=1S/C34H30F35N5O5/c35-20(36,25(45,46)30(55,56)57)15(75)70-7-1-2-9-72(17(77)22(39,40)27(49,50)32(61,62)63)10-3-4-11-73(18(78)23(41,42)28(51,52)33(64,65)66)13-6-14-74(19(79)24(43,44)29(53,54)34(67,68)69)12-5-8-71-16(76)21(37,38)26(47,48)31(58,59)60/h1-14H2,(H,70,75)(H,71,76). The molecule has 0 aliphatic rings. The minimum Gasteiger partial charge on any atom is -0.351 e. The average Bonchev–Trinajstić information content (AvgIpc) is 3.26. The Morgan fingerprint density at radius 1 is 0.241 bits per heavy atom. The molecule has 5 amide bonds. The number of amides is 5. The molecule has 0 aromatic rings. The first kappa shape index (κ1) is 73.9. The van der Waals surface area contributed by atoms with Crippen molar-refractivity contribution >= 4 is 29.5 Å². The van der Waals surface area contributed by atoms with Crippen LogP contribution in [0.5, 0.6) is 0 Å². The summed E-state index contributed by atoms with van der Waals surface area (Å²) in [6.07, 6.45) is -45.9. The molecule has 0 rings (SSSR count). The maximum atomic E-state index is 14.6. The predicted molar refractivity (Wildman–Crippen MR) is 183 cm³/mol. The molecule has 0 spiro atoms. The van der Waals surface area contributed by atoms with E-state index in [0.29, 0.717) is 5.32 Å². The summed E-state index contributed by atoms with van der Waals surface area (Å²) in [6.45, 7) is -15.5. The van der Waals surface area contributed by atoms with Gasteiger partial charge in [0.25, 0.3) is 29.5 Å². The number of hydrogen-bond donors (Lipinski definition) is 2. The Labute approximate surface area is 414 Å². The lowest BCUT2D eigenvalue weighted by atomic mass is 10.1. The largest absolute Gasteiger partial charge is 0.460 e. The van der Waals surface area contributed by atoms with Gasteiger partial charge in [-0.1, -0.05) is 0 Å². The SMILES string of the molecule is O=C(NCCCCN(CCCCN(CCCN(CCCNC(=O)C(F)(F)C(F)(F)C(F)(F)F)C(=O)C(F)(F)C(F)(F)C(F)(F)F)C(=O)C(F)(F)C(F)(F)C(F)(F)F)C(=O)C(F)(F)C(F)(F)C(F)(F)F)C(F)(F)C(F)(F)C(F)(F)F. The fraction of sp³-hybridized carbons (Fsp3) is 0.853. The topological polar surface area (TPSA) is 119 Å². The average molecular weight is 1250 g/mol. The minimum absolute atomic E-state index is 0.552. The molecule has 2 N–H and O–H groups in total. The van der Waals surface area contributed by atoms with Crippen LogP contribution >= 0.6 is 0 Å². The second-order valence-electron chi connectivity index (χ2n) is 15.7. The van der Waals surface area contributed by atoms with Gasteiger partial charge in [-0.2, -0.15) is 154 Å². The van der Waals surface area contributed by atoms with Gasteiger partial charge >= 0.3 is 90.1 Å². The van der Waals surface area contributed by atoms with E-state index in [-0.39, 0.29) is 0 Å². The number of carbonyl (C=O) groups is 5. The molecule has 10 nitrogen and oxygen atoms in total. The lowest BCUT2D eigenvalue weighted by Gasteiger charge is -2.34. The molecule has 0 unspecified atom stereocenters. The zero-order chi connectivity index (χ0) is 63.4. The van der Waals surface area contributed by atoms with Crippen molar-refractivity contribution < 1.29 is 178 Å². The lowest BCUT2D eigenvalue weighted by molar-refractivity contribution is -0.346. The highest BCUT2D eigenvalue weighted by Crippen LogP contribution is 2.51. The number of carbonyl (C=O) groups excluding carboxylic acids is 5. The van der Waals surface area contributed by atoms with Gasteiger partial charge in [-0.05, 0) is 38.5 Å². The van der Waals surface area contributed by atoms with Crippen molar-refractivity contribution in [3.05, 3.63) is 0 Å². The maximum Gasteiger partial charge on any atom is 0.460 e. The Hall–Kier alpha value is -5.10. The monoisotopic (exact) mass is 1250 g/mol. The summed E-state index contributed by atoms with van der Waals surface area (Å²) in [6, 6.07) is 0. The van der Waals surface area contributed by atoms with Crippen LogP contribution in [0.4, 0.5) is 154 Å². The number of nitrogens with one attached hydrogen (secondary N) is 2. The molecular weight excluding hydrogens is 1220 g/mol. The summed E-state index contributed by atoms with van der Waals surface area (Å²) >= 11 is 0. The summed E-state index contributed by atoms with van der Waals surface area (Å²) in [5.74, 6) is -89.8. The second-order valence-corrected chi connectivity index (χ2v) is 15.7. The third-order valence-corrected chi connectivity index (χ3v) is 9.98. The minimum atomic E-state index is -7.53. The number of alkyl halides is 35. The summed E-state index contributed by atoms with van der Waals surface area (Å²) in [4.78, 5) is 57.2. The molecule has 466 valence electrons. The summed E-state index contributed by atoms with van der Waals surface area (Å²) in [7, 11) is 0. The van der Waals surface area contributed by atoms with E-state index in [2.05, 4.69) is 0 Å². The fourth-order valence-electron chi connectivity index (χ4n) is 5.50. The molecule has 0 fully saturated rings. The molecule has 0 saturated carbocycles. The zero-order valence-corrected chi connectivity index (χ0v) is 37.5. The third kappa shape index (κ3) is 15.3. The molecule has 45 heteroatoms. The summed E-state index contributed by atoms with van der Waals surface area (Å²) in [5, 5.41) is 1.27. The first-order valence-corrected chi connectivity index (χ1v) is 20.2. The van der Waals surface area contributed by atoms with Crippen LogP contribution in [-0.4, -0.2) is 187 Å². The van der Waals surface area contributed by atoms with Gasteiger partial charge in [-0.25, -0.2) is 0 Å². The molecule has 0 atom stereocenters. The van der Waals surface area contributed by atoms with E-state index in [9.17, 15) is 178 Å². The van der Waals surface area contributed by atoms with Crippen molar-refractivity contribution in [1.29, 1.82) is 0 Å². The van der Waals surface area contributed by atoms with Crippen molar-refractivity contribution in [3.8, 4) is 0 Å². The van der Waals surface area contributed by atoms with E-state index in [1.165, 1.54) is 0 Å². The molecule has 0 heterocycles. The molecule has 0 saturated heterocycles. The molecule has 0 aliphatic carbocycles. The Kier molecular flexibility index (Phi) is 22.6. The summed E-state index contributed by atoms with van der Waals surface area (Å²) < 4.78 is 467. The Balaban J connectivity index is 7.05. The van der Waals surface area contributed by atoms with Gasteiger partial charge in [-0.3, -0.25) is 24.0 Å². The number of unbranched alkanes of at least 4 members (excludes halogenated alkanes) is 2. The first-order valence-electron chi connectivity index (χ1n) is 20.2. The van der Waals surface area contributed by atoms with Crippen LogP contribution in [0.15, 0.2) is 0 Å². The van der Waals surface area contributed by atoms with Crippen molar-refractivity contribution in [2.45, 2.75) is 129 Å². The van der Waals surface area contributed by atoms with Gasteiger partial charge in [0.2, 0.25) is 0 Å². The molecule has 0 aromatic carbocycles. The van der Waals surface area contributed by atoms with Crippen molar-refractivity contribution in [2.75, 3.05) is 52.4 Å². The predicted octanol–water partition coefficient (Wildman–Crippen LogP) is 10.2. The van der Waals surface area contributed by atoms with Crippen LogP contribution < -0.4 is 10.6 Å². The number of nitrogens with zero attached hydrogens (tertiary/aromatic N) is 3. The molecular formula is C34H30F35N5O5. The van der Waals surface area contributed by atoms with Gasteiger partial charge in [0.1, 0.15) is 0 Å². The van der Waals surface area contributed by atoms with Crippen LogP contribution in [0.3, 0.4) is 0 Å².